The van der Waals surface area contributed by atoms with Gasteiger partial charge in [-0.25, -0.2) is 0 Å². The molecule has 0 aromatic heterocycles. The van der Waals surface area contributed by atoms with Gasteiger partial charge in [-0.15, -0.1) is 0 Å². The summed E-state index contributed by atoms with van der Waals surface area (Å²) >= 11 is 0. The maximum atomic E-state index is 9.22. The highest BCUT2D eigenvalue weighted by Crippen LogP contribution is 2.01. The molecule has 0 aromatic carbocycles. The Hall–Kier alpha value is -1.34. The summed E-state index contributed by atoms with van der Waals surface area (Å²) in [6, 6.07) is 0. The maximum absolute atomic E-state index is 9.22. The summed E-state index contributed by atoms with van der Waals surface area (Å²) in [5.74, 6) is 0. The Kier molecular flexibility index (Phi) is 36.4. The largest absolute Gasteiger partial charge is 0.393 e. The topological polar surface area (TPSA) is 20.2 Å². The number of allylic oxidation sites excluding steroid dienone is 9. The first kappa shape index (κ1) is 30.4. The second-order valence-electron chi connectivity index (χ2n) is 6.23. The van der Waals surface area contributed by atoms with Gasteiger partial charge in [0.1, 0.15) is 0 Å². The normalized spacial score (nSPS) is 12.7. The average Bonchev–Trinajstić information content (AvgIpc) is 2.67. The predicted octanol–water partition coefficient (Wildman–Crippen LogP) is 8.73. The standard InChI is InChI=1S/C9H18O.C9H16.C8H14/c1-3-5-6-8-9(10)7-4-2;1-3-5-7-9-8-6-4-2;1-3-5-7-8-6-4-2/h5-6,9-10H,3-4,7-8H2,1-2H3;5-8H,3-4,9H2,1-2H3;5-8H,3-4H2,1-2H3/b6-5-;7-5-,8-6-;7-5-,8-6+/t9-;;/m1../s1. The van der Waals surface area contributed by atoms with Gasteiger partial charge in [-0.1, -0.05) is 109 Å². The van der Waals surface area contributed by atoms with Crippen LogP contribution in [0.3, 0.4) is 0 Å². The van der Waals surface area contributed by atoms with E-state index in [2.05, 4.69) is 102 Å². The van der Waals surface area contributed by atoms with Gasteiger partial charge in [0.05, 0.1) is 6.10 Å². The number of rotatable bonds is 12. The molecule has 0 radical (unpaired) electrons. The molecule has 0 aromatic rings. The molecule has 0 unspecified atom stereocenters. The van der Waals surface area contributed by atoms with Crippen LogP contribution in [-0.2, 0) is 0 Å². The molecule has 1 N–H and O–H groups in total. The molecule has 0 saturated carbocycles. The van der Waals surface area contributed by atoms with Crippen LogP contribution >= 0.6 is 0 Å². The minimum Gasteiger partial charge on any atom is -0.393 e. The van der Waals surface area contributed by atoms with Crippen molar-refractivity contribution < 1.29 is 5.11 Å². The highest BCUT2D eigenvalue weighted by Gasteiger charge is 1.97. The highest BCUT2D eigenvalue weighted by molar-refractivity contribution is 5.01. The highest BCUT2D eigenvalue weighted by atomic mass is 16.3. The molecule has 0 aliphatic heterocycles. The average molecular weight is 377 g/mol. The number of hydrogen-bond donors (Lipinski definition) is 1. The Morgan fingerprint density at radius 1 is 0.556 bits per heavy atom. The summed E-state index contributed by atoms with van der Waals surface area (Å²) in [7, 11) is 0. The molecule has 0 heterocycles. The van der Waals surface area contributed by atoms with Crippen LogP contribution in [0.4, 0.5) is 0 Å². The van der Waals surface area contributed by atoms with Gasteiger partial charge >= 0.3 is 0 Å². The van der Waals surface area contributed by atoms with Crippen LogP contribution in [0.2, 0.25) is 0 Å². The van der Waals surface area contributed by atoms with Crippen LogP contribution in [0.5, 0.6) is 0 Å². The quantitative estimate of drug-likeness (QED) is 0.266. The van der Waals surface area contributed by atoms with Crippen molar-refractivity contribution >= 4 is 0 Å². The molecule has 0 rings (SSSR count). The van der Waals surface area contributed by atoms with Crippen molar-refractivity contribution in [1.29, 1.82) is 0 Å². The summed E-state index contributed by atoms with van der Waals surface area (Å²) in [6.07, 6.45) is 30.8. The summed E-state index contributed by atoms with van der Waals surface area (Å²) < 4.78 is 0. The van der Waals surface area contributed by atoms with Crippen molar-refractivity contribution in [3.05, 3.63) is 60.8 Å². The summed E-state index contributed by atoms with van der Waals surface area (Å²) in [4.78, 5) is 0. The molecule has 0 aliphatic carbocycles. The molecule has 0 aliphatic rings. The van der Waals surface area contributed by atoms with E-state index in [4.69, 9.17) is 0 Å². The lowest BCUT2D eigenvalue weighted by Crippen LogP contribution is -2.02. The van der Waals surface area contributed by atoms with Crippen LogP contribution in [-0.4, -0.2) is 11.2 Å². The number of hydrogen-bond acceptors (Lipinski definition) is 1. The third-order valence-electron chi connectivity index (χ3n) is 3.36. The van der Waals surface area contributed by atoms with Crippen LogP contribution in [0, 0.1) is 0 Å². The third-order valence-corrected chi connectivity index (χ3v) is 3.36. The van der Waals surface area contributed by atoms with Crippen molar-refractivity contribution in [2.45, 2.75) is 105 Å². The molecule has 0 amide bonds. The van der Waals surface area contributed by atoms with E-state index in [0.29, 0.717) is 0 Å². The Balaban J connectivity index is -0.000000322. The van der Waals surface area contributed by atoms with Gasteiger partial charge in [-0.3, -0.25) is 0 Å². The van der Waals surface area contributed by atoms with Crippen LogP contribution < -0.4 is 0 Å². The summed E-state index contributed by atoms with van der Waals surface area (Å²) in [5, 5.41) is 9.22. The lowest BCUT2D eigenvalue weighted by atomic mass is 10.1. The lowest BCUT2D eigenvalue weighted by molar-refractivity contribution is 0.166. The van der Waals surface area contributed by atoms with Gasteiger partial charge in [0.15, 0.2) is 0 Å². The first-order valence-corrected chi connectivity index (χ1v) is 11.1. The molecule has 0 spiro atoms. The first-order valence-electron chi connectivity index (χ1n) is 11.1. The molecule has 0 fully saturated rings. The zero-order valence-electron chi connectivity index (χ0n) is 19.2. The fourth-order valence-electron chi connectivity index (χ4n) is 1.90. The third kappa shape index (κ3) is 40.6. The monoisotopic (exact) mass is 376 g/mol. The van der Waals surface area contributed by atoms with E-state index in [9.17, 15) is 5.11 Å². The van der Waals surface area contributed by atoms with E-state index in [1.807, 2.05) is 0 Å². The molecule has 27 heavy (non-hydrogen) atoms. The second-order valence-corrected chi connectivity index (χ2v) is 6.23. The molecule has 1 heteroatoms. The fraction of sp³-hybridized carbons (Fsp3) is 0.615. The van der Waals surface area contributed by atoms with E-state index in [0.717, 1.165) is 57.8 Å². The number of aliphatic hydroxyl groups excluding tert-OH is 1. The molecule has 1 atom stereocenters. The van der Waals surface area contributed by atoms with Crippen molar-refractivity contribution in [3.63, 3.8) is 0 Å². The van der Waals surface area contributed by atoms with Gasteiger partial charge < -0.3 is 5.11 Å². The van der Waals surface area contributed by atoms with Gasteiger partial charge in [-0.2, -0.15) is 0 Å². The van der Waals surface area contributed by atoms with Crippen molar-refractivity contribution in [2.75, 3.05) is 0 Å². The number of aliphatic hydroxyl groups is 1. The van der Waals surface area contributed by atoms with Gasteiger partial charge in [0, 0.05) is 0 Å². The second kappa shape index (κ2) is 32.3. The maximum Gasteiger partial charge on any atom is 0.0574 e. The van der Waals surface area contributed by atoms with E-state index >= 15 is 0 Å². The summed E-state index contributed by atoms with van der Waals surface area (Å²) in [5.41, 5.74) is 0. The predicted molar refractivity (Wildman–Crippen MR) is 127 cm³/mol. The first-order chi connectivity index (χ1) is 13.1. The fourth-order valence-corrected chi connectivity index (χ4v) is 1.90. The molecule has 0 saturated heterocycles. The van der Waals surface area contributed by atoms with Crippen molar-refractivity contribution in [2.24, 2.45) is 0 Å². The lowest BCUT2D eigenvalue weighted by Gasteiger charge is -2.03. The molecule has 158 valence electrons. The minimum atomic E-state index is -0.118. The van der Waals surface area contributed by atoms with Crippen molar-refractivity contribution in [3.8, 4) is 0 Å². The zero-order chi connectivity index (χ0) is 21.0. The van der Waals surface area contributed by atoms with Gasteiger partial charge in [0.25, 0.3) is 0 Å². The van der Waals surface area contributed by atoms with E-state index < -0.39 is 0 Å². The Morgan fingerprint density at radius 2 is 0.963 bits per heavy atom. The molecular formula is C26H48O. The molecular weight excluding hydrogens is 328 g/mol. The van der Waals surface area contributed by atoms with Gasteiger partial charge in [0.2, 0.25) is 0 Å². The van der Waals surface area contributed by atoms with Crippen LogP contribution in [0.25, 0.3) is 0 Å². The zero-order valence-corrected chi connectivity index (χ0v) is 19.2. The SMILES string of the molecule is CC/C=C\C/C=C\CC.CC/C=C\C=C\CC.CC/C=C\C[C@H](O)CCC. The van der Waals surface area contributed by atoms with Gasteiger partial charge in [-0.05, 0) is 51.4 Å². The van der Waals surface area contributed by atoms with E-state index in [1.54, 1.807) is 0 Å². The van der Waals surface area contributed by atoms with Crippen molar-refractivity contribution in [1.82, 2.24) is 0 Å². The van der Waals surface area contributed by atoms with Crippen LogP contribution in [0.1, 0.15) is 99.3 Å². The van der Waals surface area contributed by atoms with Crippen LogP contribution in [0.15, 0.2) is 60.8 Å². The Labute approximate surface area is 171 Å². The summed E-state index contributed by atoms with van der Waals surface area (Å²) in [6.45, 7) is 12.8. The van der Waals surface area contributed by atoms with E-state index in [-0.39, 0.29) is 6.10 Å². The Bertz CT molecular complexity index is 348. The molecule has 1 nitrogen and oxygen atoms in total. The molecule has 0 bridgehead atoms. The Morgan fingerprint density at radius 3 is 1.33 bits per heavy atom. The van der Waals surface area contributed by atoms with E-state index in [1.165, 1.54) is 0 Å². The smallest absolute Gasteiger partial charge is 0.0574 e. The minimum absolute atomic E-state index is 0.118.